The number of fused-ring (bicyclic) bond motifs is 1. The number of aromatic nitrogens is 1. The molecule has 5 rings (SSSR count). The lowest BCUT2D eigenvalue weighted by atomic mass is 9.73. The number of likely N-dealkylation sites (tertiary alicyclic amines) is 1. The Kier molecular flexibility index (Phi) is 4.75. The van der Waals surface area contributed by atoms with Crippen molar-refractivity contribution >= 4 is 5.91 Å². The molecule has 0 radical (unpaired) electrons. The maximum atomic E-state index is 12.4. The van der Waals surface area contributed by atoms with E-state index in [0.717, 1.165) is 56.8 Å². The molecule has 0 aliphatic carbocycles. The van der Waals surface area contributed by atoms with Gasteiger partial charge in [-0.05, 0) is 38.3 Å². The van der Waals surface area contributed by atoms with Gasteiger partial charge in [-0.1, -0.05) is 12.1 Å². The molecule has 1 spiro atoms. The smallest absolute Gasteiger partial charge is 0.273 e. The second-order valence-electron chi connectivity index (χ2n) is 8.85. The van der Waals surface area contributed by atoms with Crippen LogP contribution in [-0.2, 0) is 17.7 Å². The van der Waals surface area contributed by atoms with E-state index < -0.39 is 0 Å². The van der Waals surface area contributed by atoms with Crippen molar-refractivity contribution in [2.24, 2.45) is 11.8 Å². The topological polar surface area (TPSA) is 80.7 Å². The van der Waals surface area contributed by atoms with E-state index in [4.69, 9.17) is 13.7 Å². The third-order valence-corrected chi connectivity index (χ3v) is 6.81. The van der Waals surface area contributed by atoms with Crippen LogP contribution in [0.3, 0.4) is 0 Å². The Morgan fingerprint density at radius 1 is 1.38 bits per heavy atom. The fraction of sp³-hybridized carbons (Fsp3) is 0.636. The molecule has 3 saturated heterocycles. The number of rotatable bonds is 7. The molecule has 0 saturated carbocycles. The zero-order valence-electron chi connectivity index (χ0n) is 17.1. The van der Waals surface area contributed by atoms with Gasteiger partial charge in [-0.15, -0.1) is 0 Å². The Morgan fingerprint density at radius 2 is 2.24 bits per heavy atom. The summed E-state index contributed by atoms with van der Waals surface area (Å²) in [4.78, 5) is 14.8. The molecule has 4 atom stereocenters. The molecule has 156 valence electrons. The molecule has 2 aromatic rings. The molecule has 7 heteroatoms. The first-order valence-electron chi connectivity index (χ1n) is 10.8. The molecule has 1 N–H and O–H groups in total. The average Bonchev–Trinajstić information content (AvgIpc) is 3.48. The molecule has 1 amide bonds. The van der Waals surface area contributed by atoms with E-state index in [1.165, 1.54) is 0 Å². The van der Waals surface area contributed by atoms with Gasteiger partial charge in [0.1, 0.15) is 17.3 Å². The monoisotopic (exact) mass is 399 g/mol. The fourth-order valence-electron chi connectivity index (χ4n) is 5.56. The molecule has 3 aliphatic rings. The van der Waals surface area contributed by atoms with Gasteiger partial charge in [0.2, 0.25) is 0 Å². The predicted octanol–water partition coefficient (Wildman–Crippen LogP) is 2.94. The summed E-state index contributed by atoms with van der Waals surface area (Å²) < 4.78 is 17.5. The molecule has 7 nitrogen and oxygen atoms in total. The molecule has 2 bridgehead atoms. The van der Waals surface area contributed by atoms with E-state index in [-0.39, 0.29) is 17.6 Å². The highest BCUT2D eigenvalue weighted by molar-refractivity contribution is 5.92. The van der Waals surface area contributed by atoms with Gasteiger partial charge in [0.05, 0.1) is 18.2 Å². The van der Waals surface area contributed by atoms with Crippen molar-refractivity contribution in [3.63, 3.8) is 0 Å². The number of aryl methyl sites for hydroxylation is 2. The molecular formula is C22H29N3O4. The largest absolute Gasteiger partial charge is 0.465 e. The zero-order chi connectivity index (χ0) is 20.0. The highest BCUT2D eigenvalue weighted by Crippen LogP contribution is 2.54. The minimum atomic E-state index is -0.174. The number of hydrogen-bond donors (Lipinski definition) is 1. The molecule has 5 heterocycles. The second kappa shape index (κ2) is 7.29. The lowest BCUT2D eigenvalue weighted by Crippen LogP contribution is -2.42. The van der Waals surface area contributed by atoms with Crippen LogP contribution in [0.15, 0.2) is 27.1 Å². The first-order valence-corrected chi connectivity index (χ1v) is 10.8. The van der Waals surface area contributed by atoms with Crippen molar-refractivity contribution in [2.45, 2.75) is 57.8 Å². The van der Waals surface area contributed by atoms with Crippen molar-refractivity contribution < 1.29 is 18.5 Å². The summed E-state index contributed by atoms with van der Waals surface area (Å²) in [6, 6.07) is 5.87. The van der Waals surface area contributed by atoms with Crippen LogP contribution in [0, 0.1) is 18.8 Å². The number of nitrogens with one attached hydrogen (secondary N) is 1. The van der Waals surface area contributed by atoms with E-state index in [1.807, 2.05) is 0 Å². The van der Waals surface area contributed by atoms with Gasteiger partial charge in [-0.3, -0.25) is 9.69 Å². The summed E-state index contributed by atoms with van der Waals surface area (Å²) in [6.45, 7) is 7.34. The number of hydrogen-bond acceptors (Lipinski definition) is 6. The van der Waals surface area contributed by atoms with Crippen LogP contribution in [0.25, 0.3) is 0 Å². The maximum Gasteiger partial charge on any atom is 0.273 e. The minimum absolute atomic E-state index is 0.0522. The van der Waals surface area contributed by atoms with E-state index in [1.54, 1.807) is 13.0 Å². The Bertz CT molecular complexity index is 890. The summed E-state index contributed by atoms with van der Waals surface area (Å²) in [7, 11) is 0. The Hall–Kier alpha value is -2.12. The van der Waals surface area contributed by atoms with Gasteiger partial charge in [0, 0.05) is 44.0 Å². The molecule has 2 aromatic heterocycles. The summed E-state index contributed by atoms with van der Waals surface area (Å²) in [5, 5.41) is 6.86. The average molecular weight is 399 g/mol. The van der Waals surface area contributed by atoms with Gasteiger partial charge in [-0.25, -0.2) is 0 Å². The summed E-state index contributed by atoms with van der Waals surface area (Å²) in [5.74, 6) is 3.37. The van der Waals surface area contributed by atoms with Crippen molar-refractivity contribution in [1.82, 2.24) is 15.4 Å². The highest BCUT2D eigenvalue weighted by atomic mass is 16.5. The van der Waals surface area contributed by atoms with Crippen LogP contribution in [0.5, 0.6) is 0 Å². The summed E-state index contributed by atoms with van der Waals surface area (Å²) in [6.07, 6.45) is 4.53. The van der Waals surface area contributed by atoms with Gasteiger partial charge in [0.15, 0.2) is 5.69 Å². The zero-order valence-corrected chi connectivity index (χ0v) is 17.1. The lowest BCUT2D eigenvalue weighted by Gasteiger charge is -2.29. The number of amides is 1. The number of nitrogens with zero attached hydrogens (tertiary/aromatic N) is 2. The molecule has 0 aromatic carbocycles. The molecule has 3 fully saturated rings. The van der Waals surface area contributed by atoms with Crippen LogP contribution in [0.4, 0.5) is 0 Å². The number of carbonyl (C=O) groups is 1. The molecule has 29 heavy (non-hydrogen) atoms. The van der Waals surface area contributed by atoms with Crippen molar-refractivity contribution in [3.05, 3.63) is 41.2 Å². The third-order valence-electron chi connectivity index (χ3n) is 6.81. The number of furan rings is 1. The Balaban J connectivity index is 1.22. The van der Waals surface area contributed by atoms with Crippen molar-refractivity contribution in [1.29, 1.82) is 0 Å². The predicted molar refractivity (Wildman–Crippen MR) is 105 cm³/mol. The summed E-state index contributed by atoms with van der Waals surface area (Å²) >= 11 is 0. The van der Waals surface area contributed by atoms with Gasteiger partial charge in [0.25, 0.3) is 5.91 Å². The van der Waals surface area contributed by atoms with E-state index in [2.05, 4.69) is 34.4 Å². The quantitative estimate of drug-likeness (QED) is 0.771. The maximum absolute atomic E-state index is 12.4. The lowest BCUT2D eigenvalue weighted by molar-refractivity contribution is 0.00166. The van der Waals surface area contributed by atoms with Gasteiger partial charge < -0.3 is 19.0 Å². The van der Waals surface area contributed by atoms with Crippen LogP contribution in [0.1, 0.15) is 54.0 Å². The first-order chi connectivity index (χ1) is 14.1. The second-order valence-corrected chi connectivity index (χ2v) is 8.85. The van der Waals surface area contributed by atoms with Crippen LogP contribution in [0.2, 0.25) is 0 Å². The van der Waals surface area contributed by atoms with Crippen molar-refractivity contribution in [3.8, 4) is 0 Å². The Morgan fingerprint density at radius 3 is 3.03 bits per heavy atom. The van der Waals surface area contributed by atoms with E-state index in [9.17, 15) is 4.79 Å². The summed E-state index contributed by atoms with van der Waals surface area (Å²) in [5.41, 5.74) is 0.290. The van der Waals surface area contributed by atoms with Gasteiger partial charge >= 0.3 is 0 Å². The third kappa shape index (κ3) is 3.40. The van der Waals surface area contributed by atoms with Crippen LogP contribution >= 0.6 is 0 Å². The number of carbonyl (C=O) groups excluding carboxylic acids is 1. The van der Waals surface area contributed by atoms with E-state index >= 15 is 0 Å². The Labute approximate surface area is 170 Å². The molecule has 3 aliphatic heterocycles. The number of ether oxygens (including phenoxy) is 1. The fourth-order valence-corrected chi connectivity index (χ4v) is 5.56. The van der Waals surface area contributed by atoms with Gasteiger partial charge in [-0.2, -0.15) is 0 Å². The van der Waals surface area contributed by atoms with Crippen LogP contribution in [-0.4, -0.2) is 47.3 Å². The molecular weight excluding hydrogens is 370 g/mol. The standard InChI is InChI=1S/C22H29N3O4/c1-3-4-15-5-6-16(27-15)11-25-12-18-17(20-7-8-22(18,13-25)28-20)10-23-21(26)19-9-14(2)29-24-19/h5-6,9,17-18,20H,3-4,7-8,10-13H2,1-2H3,(H,23,26)/t17-,18+,20+,22+/m0/s1. The molecule has 0 unspecified atom stereocenters. The van der Waals surface area contributed by atoms with Crippen molar-refractivity contribution in [2.75, 3.05) is 19.6 Å². The SMILES string of the molecule is CCCc1ccc(CN2C[C@@H]3[C@H](CNC(=O)c4cc(C)on4)[C@H]4CC[C@]3(C2)O4)o1. The first kappa shape index (κ1) is 18.9. The van der Waals surface area contributed by atoms with E-state index in [0.29, 0.717) is 29.8 Å². The minimum Gasteiger partial charge on any atom is -0.465 e. The normalized spacial score (nSPS) is 30.8. The highest BCUT2D eigenvalue weighted by Gasteiger charge is 2.62. The van der Waals surface area contributed by atoms with Crippen LogP contribution < -0.4 is 5.32 Å².